The van der Waals surface area contributed by atoms with Crippen LogP contribution in [-0.4, -0.2) is 22.8 Å². The van der Waals surface area contributed by atoms with E-state index in [-0.39, 0.29) is 0 Å². The second-order valence-electron chi connectivity index (χ2n) is 5.20. The summed E-state index contributed by atoms with van der Waals surface area (Å²) in [4.78, 5) is 0. The lowest BCUT2D eigenvalue weighted by Gasteiger charge is -2.05. The normalized spacial score (nSPS) is 11.2. The van der Waals surface area contributed by atoms with Gasteiger partial charge in [0.05, 0.1) is 5.56 Å². The van der Waals surface area contributed by atoms with Gasteiger partial charge in [0.25, 0.3) is 0 Å². The van der Waals surface area contributed by atoms with E-state index in [9.17, 15) is 0 Å². The summed E-state index contributed by atoms with van der Waals surface area (Å²) in [5.74, 6) is 1.27. The van der Waals surface area contributed by atoms with Crippen LogP contribution in [-0.2, 0) is 6.42 Å². The highest BCUT2D eigenvalue weighted by Crippen LogP contribution is 2.28. The van der Waals surface area contributed by atoms with Crippen LogP contribution in [0, 0.1) is 6.92 Å². The Morgan fingerprint density at radius 2 is 2.10 bits per heavy atom. The number of rotatable bonds is 6. The summed E-state index contributed by atoms with van der Waals surface area (Å²) in [7, 11) is 0. The van der Waals surface area contributed by atoms with Crippen LogP contribution in [0.1, 0.15) is 31.7 Å². The first-order valence-corrected chi connectivity index (χ1v) is 7.68. The Labute approximate surface area is 128 Å². The molecule has 0 spiro atoms. The Morgan fingerprint density at radius 1 is 1.30 bits per heavy atom. The molecule has 0 bridgehead atoms. The van der Waals surface area contributed by atoms with Gasteiger partial charge < -0.3 is 9.73 Å². The number of nitrogens with one attached hydrogen (secondary N) is 1. The molecule has 0 aliphatic rings. The Hall–Kier alpha value is -1.20. The van der Waals surface area contributed by atoms with Gasteiger partial charge in [0.15, 0.2) is 0 Å². The molecule has 4 nitrogen and oxygen atoms in total. The minimum absolute atomic E-state index is 0.511. The molecule has 0 aliphatic carbocycles. The van der Waals surface area contributed by atoms with Crippen molar-refractivity contribution in [3.8, 4) is 11.5 Å². The van der Waals surface area contributed by atoms with E-state index in [2.05, 4.69) is 45.3 Å². The Morgan fingerprint density at radius 3 is 2.85 bits per heavy atom. The third-order valence-corrected chi connectivity index (χ3v) is 3.63. The lowest BCUT2D eigenvalue weighted by atomic mass is 10.1. The number of nitrogens with zero attached hydrogens (tertiary/aromatic N) is 2. The van der Waals surface area contributed by atoms with Crippen molar-refractivity contribution < 1.29 is 4.42 Å². The summed E-state index contributed by atoms with van der Waals surface area (Å²) in [5.41, 5.74) is 2.12. The maximum atomic E-state index is 5.73. The molecule has 0 saturated carbocycles. The standard InChI is InChI=1S/C15H20BrN3O/c1-10(2)17-8-4-5-14-18-19-15(20-14)12-9-11(3)6-7-13(12)16/h6-7,9-10,17H,4-5,8H2,1-3H3. The molecular weight excluding hydrogens is 318 g/mol. The zero-order valence-electron chi connectivity index (χ0n) is 12.1. The van der Waals surface area contributed by atoms with E-state index < -0.39 is 0 Å². The summed E-state index contributed by atoms with van der Waals surface area (Å²) in [6.07, 6.45) is 1.80. The number of benzene rings is 1. The maximum Gasteiger partial charge on any atom is 0.248 e. The van der Waals surface area contributed by atoms with Crippen LogP contribution in [0.25, 0.3) is 11.5 Å². The molecule has 2 aromatic rings. The van der Waals surface area contributed by atoms with Gasteiger partial charge in [-0.05, 0) is 48.0 Å². The number of aromatic nitrogens is 2. The molecule has 0 saturated heterocycles. The van der Waals surface area contributed by atoms with Crippen molar-refractivity contribution in [1.82, 2.24) is 15.5 Å². The zero-order valence-corrected chi connectivity index (χ0v) is 13.7. The third-order valence-electron chi connectivity index (χ3n) is 2.94. The van der Waals surface area contributed by atoms with Crippen LogP contribution in [0.5, 0.6) is 0 Å². The molecule has 2 rings (SSSR count). The van der Waals surface area contributed by atoms with E-state index in [0.29, 0.717) is 17.8 Å². The fraction of sp³-hybridized carbons (Fsp3) is 0.467. The molecule has 1 N–H and O–H groups in total. The fourth-order valence-electron chi connectivity index (χ4n) is 1.90. The highest BCUT2D eigenvalue weighted by Gasteiger charge is 2.11. The molecule has 1 heterocycles. The van der Waals surface area contributed by atoms with E-state index >= 15 is 0 Å². The van der Waals surface area contributed by atoms with Crippen molar-refractivity contribution in [2.24, 2.45) is 0 Å². The second-order valence-corrected chi connectivity index (χ2v) is 6.05. The number of hydrogen-bond acceptors (Lipinski definition) is 4. The van der Waals surface area contributed by atoms with E-state index in [1.165, 1.54) is 5.56 Å². The average molecular weight is 338 g/mol. The lowest BCUT2D eigenvalue weighted by Crippen LogP contribution is -2.23. The molecule has 1 aromatic carbocycles. The summed E-state index contributed by atoms with van der Waals surface area (Å²) in [6, 6.07) is 6.60. The first-order valence-electron chi connectivity index (χ1n) is 6.88. The summed E-state index contributed by atoms with van der Waals surface area (Å²) in [5, 5.41) is 11.6. The van der Waals surface area contributed by atoms with Gasteiger partial charge in [-0.2, -0.15) is 0 Å². The first kappa shape index (κ1) is 15.2. The zero-order chi connectivity index (χ0) is 14.5. The molecule has 5 heteroatoms. The first-order chi connectivity index (χ1) is 9.56. The van der Waals surface area contributed by atoms with E-state index in [1.807, 2.05) is 25.1 Å². The Kier molecular flexibility index (Phi) is 5.31. The van der Waals surface area contributed by atoms with Crippen LogP contribution in [0.2, 0.25) is 0 Å². The minimum Gasteiger partial charge on any atom is -0.421 e. The molecule has 1 aromatic heterocycles. The van der Waals surface area contributed by atoms with Crippen LogP contribution in [0.4, 0.5) is 0 Å². The van der Waals surface area contributed by atoms with Crippen molar-refractivity contribution in [3.05, 3.63) is 34.1 Å². The van der Waals surface area contributed by atoms with Crippen molar-refractivity contribution in [3.63, 3.8) is 0 Å². The Bertz CT molecular complexity index is 566. The summed E-state index contributed by atoms with van der Waals surface area (Å²) in [6.45, 7) is 7.29. The van der Waals surface area contributed by atoms with Crippen molar-refractivity contribution in [1.29, 1.82) is 0 Å². The summed E-state index contributed by atoms with van der Waals surface area (Å²) < 4.78 is 6.70. The summed E-state index contributed by atoms with van der Waals surface area (Å²) >= 11 is 3.52. The monoisotopic (exact) mass is 337 g/mol. The van der Waals surface area contributed by atoms with Crippen molar-refractivity contribution in [2.75, 3.05) is 6.54 Å². The predicted molar refractivity (Wildman–Crippen MR) is 83.6 cm³/mol. The van der Waals surface area contributed by atoms with Gasteiger partial charge in [0, 0.05) is 16.9 Å². The SMILES string of the molecule is Cc1ccc(Br)c(-c2nnc(CCCNC(C)C)o2)c1. The van der Waals surface area contributed by atoms with Gasteiger partial charge in [-0.25, -0.2) is 0 Å². The molecule has 108 valence electrons. The van der Waals surface area contributed by atoms with E-state index in [0.717, 1.165) is 29.4 Å². The highest BCUT2D eigenvalue weighted by atomic mass is 79.9. The van der Waals surface area contributed by atoms with Crippen molar-refractivity contribution in [2.45, 2.75) is 39.7 Å². The Balaban J connectivity index is 2.00. The second kappa shape index (κ2) is 6.99. The van der Waals surface area contributed by atoms with Crippen LogP contribution in [0.3, 0.4) is 0 Å². The smallest absolute Gasteiger partial charge is 0.248 e. The number of hydrogen-bond donors (Lipinski definition) is 1. The highest BCUT2D eigenvalue weighted by molar-refractivity contribution is 9.10. The number of aryl methyl sites for hydroxylation is 2. The maximum absolute atomic E-state index is 5.73. The molecule has 0 atom stereocenters. The predicted octanol–water partition coefficient (Wildman–Crippen LogP) is 3.74. The third kappa shape index (κ3) is 4.15. The molecule has 0 unspecified atom stereocenters. The van der Waals surface area contributed by atoms with Crippen LogP contribution < -0.4 is 5.32 Å². The van der Waals surface area contributed by atoms with Gasteiger partial charge in [-0.1, -0.05) is 25.5 Å². The fourth-order valence-corrected chi connectivity index (χ4v) is 2.31. The van der Waals surface area contributed by atoms with Crippen LogP contribution in [0.15, 0.2) is 27.1 Å². The average Bonchev–Trinajstić information content (AvgIpc) is 2.86. The van der Waals surface area contributed by atoms with Gasteiger partial charge in [-0.3, -0.25) is 0 Å². The minimum atomic E-state index is 0.511. The van der Waals surface area contributed by atoms with Gasteiger partial charge in [0.2, 0.25) is 11.8 Å². The van der Waals surface area contributed by atoms with Crippen LogP contribution >= 0.6 is 15.9 Å². The van der Waals surface area contributed by atoms with Gasteiger partial charge in [-0.15, -0.1) is 10.2 Å². The quantitative estimate of drug-likeness (QED) is 0.816. The van der Waals surface area contributed by atoms with Gasteiger partial charge >= 0.3 is 0 Å². The molecule has 0 fully saturated rings. The molecule has 0 amide bonds. The molecule has 0 aliphatic heterocycles. The molecule has 0 radical (unpaired) electrons. The topological polar surface area (TPSA) is 51.0 Å². The lowest BCUT2D eigenvalue weighted by molar-refractivity contribution is 0.484. The number of halogens is 1. The molecule has 20 heavy (non-hydrogen) atoms. The largest absolute Gasteiger partial charge is 0.421 e. The molecular formula is C15H20BrN3O. The van der Waals surface area contributed by atoms with Gasteiger partial charge in [0.1, 0.15) is 0 Å². The van der Waals surface area contributed by atoms with E-state index in [4.69, 9.17) is 4.42 Å². The van der Waals surface area contributed by atoms with Crippen molar-refractivity contribution >= 4 is 15.9 Å². The van der Waals surface area contributed by atoms with E-state index in [1.54, 1.807) is 0 Å².